The molecule has 5 aromatic rings. The van der Waals surface area contributed by atoms with Gasteiger partial charge < -0.3 is 5.11 Å². The third-order valence-corrected chi connectivity index (χ3v) is 6.95. The molecule has 0 fully saturated rings. The number of aryl methyl sites for hydroxylation is 1. The predicted molar refractivity (Wildman–Crippen MR) is 168 cm³/mol. The first-order valence-electron chi connectivity index (χ1n) is 13.8. The largest absolute Gasteiger partial charge is 0.512 e. The Morgan fingerprint density at radius 3 is 2.17 bits per heavy atom. The molecule has 0 amide bonds. The van der Waals surface area contributed by atoms with Crippen LogP contribution in [0.2, 0.25) is 0 Å². The Hall–Kier alpha value is -3.66. The number of hydrogen-bond acceptors (Lipinski definition) is 3. The van der Waals surface area contributed by atoms with E-state index in [0.29, 0.717) is 0 Å². The third kappa shape index (κ3) is 7.79. The van der Waals surface area contributed by atoms with Gasteiger partial charge in [-0.15, -0.1) is 29.7 Å². The molecular formula is C37H37FIrNO2-. The summed E-state index contributed by atoms with van der Waals surface area (Å²) in [5.74, 6) is -0.118. The summed E-state index contributed by atoms with van der Waals surface area (Å²) in [6.07, 6.45) is 3.17. The average Bonchev–Trinajstić information content (AvgIpc) is 2.92. The first-order valence-corrected chi connectivity index (χ1v) is 13.8. The fourth-order valence-corrected chi connectivity index (χ4v) is 4.30. The van der Waals surface area contributed by atoms with Crippen LogP contribution in [0, 0.1) is 29.6 Å². The second kappa shape index (κ2) is 13.1. The van der Waals surface area contributed by atoms with E-state index < -0.39 is 5.41 Å². The fraction of sp³-hybridized carbons (Fsp3) is 0.243. The molecule has 3 nitrogen and oxygen atoms in total. The molecule has 0 bridgehead atoms. The molecule has 0 unspecified atom stereocenters. The summed E-state index contributed by atoms with van der Waals surface area (Å²) in [5.41, 5.74) is 4.40. The zero-order chi connectivity index (χ0) is 29.9. The van der Waals surface area contributed by atoms with Crippen LogP contribution in [-0.2, 0) is 24.9 Å². The van der Waals surface area contributed by atoms with Crippen LogP contribution in [0.5, 0.6) is 0 Å². The van der Waals surface area contributed by atoms with Gasteiger partial charge in [-0.3, -0.25) is 9.78 Å². The van der Waals surface area contributed by atoms with E-state index in [2.05, 4.69) is 54.4 Å². The number of ketones is 1. The number of fused-ring (bicyclic) bond motifs is 2. The Kier molecular flexibility index (Phi) is 10.2. The molecule has 1 heterocycles. The van der Waals surface area contributed by atoms with Crippen molar-refractivity contribution in [3.8, 4) is 22.4 Å². The molecular weight excluding hydrogens is 702 g/mol. The summed E-state index contributed by atoms with van der Waals surface area (Å²) in [6, 6.07) is 28.9. The minimum atomic E-state index is -0.417. The average molecular weight is 739 g/mol. The van der Waals surface area contributed by atoms with Crippen molar-refractivity contribution in [1.82, 2.24) is 4.98 Å². The van der Waals surface area contributed by atoms with Gasteiger partial charge in [-0.1, -0.05) is 88.9 Å². The number of nitrogens with zero attached hydrogens (tertiary/aromatic N) is 1. The van der Waals surface area contributed by atoms with Gasteiger partial charge in [0.15, 0.2) is 5.78 Å². The van der Waals surface area contributed by atoms with Crippen LogP contribution >= 0.6 is 0 Å². The molecule has 0 aliphatic carbocycles. The van der Waals surface area contributed by atoms with E-state index in [9.17, 15) is 14.3 Å². The van der Waals surface area contributed by atoms with Crippen molar-refractivity contribution in [1.29, 1.82) is 0 Å². The summed E-state index contributed by atoms with van der Waals surface area (Å²) in [7, 11) is 0. The standard InChI is InChI=1S/C26H17FN.C11H20O2.Ir/c1-17-14-25-21(16-24(17)19-8-10-23(27)11-9-19)12-13-28-26(25)22-7-6-18-4-2-3-5-20(18)15-22;1-10(2,3)8(12)7-9(13)11(4,5)6;/h2-14,16H,1H3;7,12H,1-6H3;/q-1;;/b;8-7-;. The first kappa shape index (κ1) is 32.8. The Labute approximate surface area is 261 Å². The number of hydrogen-bond donors (Lipinski definition) is 1. The van der Waals surface area contributed by atoms with Crippen molar-refractivity contribution >= 4 is 27.3 Å². The first-order chi connectivity index (χ1) is 19.2. The van der Waals surface area contributed by atoms with Crippen LogP contribution in [0.25, 0.3) is 43.9 Å². The second-order valence-electron chi connectivity index (χ2n) is 12.4. The Morgan fingerprint density at radius 1 is 0.857 bits per heavy atom. The molecule has 42 heavy (non-hydrogen) atoms. The van der Waals surface area contributed by atoms with E-state index >= 15 is 0 Å². The minimum absolute atomic E-state index is 0. The molecule has 1 aromatic heterocycles. The van der Waals surface area contributed by atoms with Crippen LogP contribution in [0.3, 0.4) is 0 Å². The van der Waals surface area contributed by atoms with Crippen molar-refractivity contribution in [3.63, 3.8) is 0 Å². The van der Waals surface area contributed by atoms with Crippen LogP contribution < -0.4 is 0 Å². The van der Waals surface area contributed by atoms with Crippen molar-refractivity contribution in [2.75, 3.05) is 0 Å². The van der Waals surface area contributed by atoms with Crippen molar-refractivity contribution in [2.45, 2.75) is 48.5 Å². The summed E-state index contributed by atoms with van der Waals surface area (Å²) in [6.45, 7) is 13.2. The van der Waals surface area contributed by atoms with Gasteiger partial charge in [0.05, 0.1) is 0 Å². The monoisotopic (exact) mass is 739 g/mol. The zero-order valence-corrected chi connectivity index (χ0v) is 27.6. The number of allylic oxidation sites excluding steroid dienone is 2. The molecule has 0 aliphatic heterocycles. The number of halogens is 1. The maximum Gasteiger partial charge on any atom is 0.164 e. The number of rotatable bonds is 3. The predicted octanol–water partition coefficient (Wildman–Crippen LogP) is 10.1. The zero-order valence-electron chi connectivity index (χ0n) is 25.2. The second-order valence-corrected chi connectivity index (χ2v) is 12.4. The maximum absolute atomic E-state index is 13.3. The molecule has 5 rings (SSSR count). The summed E-state index contributed by atoms with van der Waals surface area (Å²) in [5, 5.41) is 14.0. The number of pyridine rings is 1. The number of benzene rings is 4. The summed E-state index contributed by atoms with van der Waals surface area (Å²) < 4.78 is 13.3. The van der Waals surface area contributed by atoms with Crippen LogP contribution in [0.4, 0.5) is 4.39 Å². The van der Waals surface area contributed by atoms with Gasteiger partial charge >= 0.3 is 0 Å². The quantitative estimate of drug-likeness (QED) is 0.114. The van der Waals surface area contributed by atoms with E-state index in [1.165, 1.54) is 23.6 Å². The Balaban J connectivity index is 0.000000297. The Bertz CT molecular complexity index is 1740. The van der Waals surface area contributed by atoms with Crippen LogP contribution in [0.15, 0.2) is 96.9 Å². The van der Waals surface area contributed by atoms with Gasteiger partial charge in [0, 0.05) is 48.9 Å². The molecule has 219 valence electrons. The number of carbonyl (C=O) groups excluding carboxylic acids is 1. The molecule has 0 spiro atoms. The molecule has 0 aliphatic rings. The maximum atomic E-state index is 13.3. The van der Waals surface area contributed by atoms with E-state index in [-0.39, 0.29) is 42.9 Å². The normalized spacial score (nSPS) is 12.0. The van der Waals surface area contributed by atoms with Gasteiger partial charge in [-0.05, 0) is 58.7 Å². The SMILES string of the molecule is CC(C)(C)C(=O)/C=C(\O)C(C)(C)C.Cc1cc2c(-c3[c-]c4ccccc4cc3)nccc2cc1-c1ccc(F)cc1.[Ir]. The van der Waals surface area contributed by atoms with Gasteiger partial charge in [-0.2, -0.15) is 0 Å². The molecule has 0 atom stereocenters. The number of aliphatic hydroxyl groups is 1. The van der Waals surface area contributed by atoms with Crippen molar-refractivity contribution in [3.05, 3.63) is 114 Å². The molecule has 1 radical (unpaired) electrons. The molecule has 1 N–H and O–H groups in total. The van der Waals surface area contributed by atoms with Crippen LogP contribution in [0.1, 0.15) is 47.1 Å². The third-order valence-electron chi connectivity index (χ3n) is 6.95. The van der Waals surface area contributed by atoms with Gasteiger partial charge in [-0.25, -0.2) is 4.39 Å². The number of aromatic nitrogens is 1. The van der Waals surface area contributed by atoms with Gasteiger partial charge in [0.25, 0.3) is 0 Å². The van der Waals surface area contributed by atoms with E-state index in [0.717, 1.165) is 44.1 Å². The molecule has 4 aromatic carbocycles. The van der Waals surface area contributed by atoms with Gasteiger partial charge in [0.2, 0.25) is 0 Å². The van der Waals surface area contributed by atoms with E-state index in [4.69, 9.17) is 0 Å². The smallest absolute Gasteiger partial charge is 0.164 e. The number of aliphatic hydroxyl groups excluding tert-OH is 1. The van der Waals surface area contributed by atoms with Gasteiger partial charge in [0.1, 0.15) is 11.6 Å². The van der Waals surface area contributed by atoms with E-state index in [1.54, 1.807) is 0 Å². The van der Waals surface area contributed by atoms with Crippen molar-refractivity contribution < 1.29 is 34.4 Å². The molecule has 0 saturated heterocycles. The molecule has 5 heteroatoms. The number of carbonyl (C=O) groups is 1. The van der Waals surface area contributed by atoms with Crippen molar-refractivity contribution in [2.24, 2.45) is 10.8 Å². The minimum Gasteiger partial charge on any atom is -0.512 e. The Morgan fingerprint density at radius 2 is 1.52 bits per heavy atom. The fourth-order valence-electron chi connectivity index (χ4n) is 4.30. The summed E-state index contributed by atoms with van der Waals surface area (Å²) in [4.78, 5) is 16.1. The summed E-state index contributed by atoms with van der Waals surface area (Å²) >= 11 is 0. The molecule has 0 saturated carbocycles. The van der Waals surface area contributed by atoms with E-state index in [1.807, 2.05) is 78.1 Å². The van der Waals surface area contributed by atoms with Crippen LogP contribution in [-0.4, -0.2) is 15.9 Å². The topological polar surface area (TPSA) is 50.2 Å².